The zero-order valence-electron chi connectivity index (χ0n) is 2.40. The molecule has 0 aromatic carbocycles. The number of hydrogen-bond donors (Lipinski definition) is 0. The molecule has 0 spiro atoms. The summed E-state index contributed by atoms with van der Waals surface area (Å²) in [6, 6.07) is 0. The summed E-state index contributed by atoms with van der Waals surface area (Å²) in [6.07, 6.45) is 0.333. The van der Waals surface area contributed by atoms with Crippen molar-refractivity contribution in [1.29, 1.82) is 0 Å². The molecular weight excluding hydrogens is 52.0 g/mol. The van der Waals surface area contributed by atoms with Crippen molar-refractivity contribution in [2.75, 3.05) is 6.61 Å². The summed E-state index contributed by atoms with van der Waals surface area (Å²) in [7, 11) is 0. The summed E-state index contributed by atoms with van der Waals surface area (Å²) in [4.78, 5) is 0. The average Bonchev–Trinajstić information content (AvgIpc) is 1.75. The molecule has 1 atom stereocenters. The molecule has 1 aliphatic heterocycles. The van der Waals surface area contributed by atoms with Gasteiger partial charge in [0.15, 0.2) is 0 Å². The lowest BCUT2D eigenvalue weighted by Crippen LogP contribution is -1.61. The fourth-order valence-electron chi connectivity index (χ4n) is 0.0680. The van der Waals surface area contributed by atoms with E-state index in [4.69, 9.17) is 0 Å². The van der Waals surface area contributed by atoms with Gasteiger partial charge in [0, 0.05) is 0 Å². The van der Waals surface area contributed by atoms with E-state index in [0.29, 0.717) is 6.10 Å². The Hall–Kier alpha value is -0.0400. The highest BCUT2D eigenvalue weighted by atomic mass is 16.6. The van der Waals surface area contributed by atoms with Gasteiger partial charge in [0.1, 0.15) is 0 Å². The Labute approximate surface area is 25.6 Å². The minimum absolute atomic E-state index is 0.333. The van der Waals surface area contributed by atoms with Crippen LogP contribution in [-0.4, -0.2) is 12.7 Å². The first-order valence-electron chi connectivity index (χ1n) is 1.34. The van der Waals surface area contributed by atoms with Gasteiger partial charge >= 0.3 is 0 Å². The molecule has 1 rings (SSSR count). The second-order valence-electron chi connectivity index (χ2n) is 0.955. The van der Waals surface area contributed by atoms with E-state index in [9.17, 15) is 0 Å². The maximum absolute atomic E-state index is 4.60. The summed E-state index contributed by atoms with van der Waals surface area (Å²) in [5.41, 5.74) is 0. The molecule has 0 amide bonds. The van der Waals surface area contributed by atoms with Crippen LogP contribution in [0.15, 0.2) is 0 Å². The lowest BCUT2D eigenvalue weighted by Gasteiger charge is -1.50. The quantitative estimate of drug-likeness (QED) is 0.362. The summed E-state index contributed by atoms with van der Waals surface area (Å²) in [5.74, 6) is 0. The smallest absolute Gasteiger partial charge is 0.0810 e. The fourth-order valence-corrected chi connectivity index (χ4v) is 0.0680. The average molecular weight is 57.1 g/mol. The normalized spacial score (nSPS) is 39.8. The van der Waals surface area contributed by atoms with Crippen LogP contribution >= 0.6 is 0 Å². The second kappa shape index (κ2) is 0.462. The standard InChI is InChI=1S/C3H5O/c1-3-2-4-3/h3H,1-2H2/t3-/m1/s1. The van der Waals surface area contributed by atoms with E-state index in [2.05, 4.69) is 11.7 Å². The Bertz CT molecular complexity index is 22.5. The van der Waals surface area contributed by atoms with Crippen molar-refractivity contribution in [3.05, 3.63) is 6.92 Å². The lowest BCUT2D eigenvalue weighted by molar-refractivity contribution is 0.439. The molecule has 1 nitrogen and oxygen atoms in total. The Kier molecular flexibility index (Phi) is 0.256. The molecule has 0 aliphatic carbocycles. The van der Waals surface area contributed by atoms with Crippen LogP contribution in [0.4, 0.5) is 0 Å². The van der Waals surface area contributed by atoms with E-state index >= 15 is 0 Å². The van der Waals surface area contributed by atoms with Crippen LogP contribution in [0.2, 0.25) is 0 Å². The lowest BCUT2D eigenvalue weighted by atomic mass is 10.6. The molecule has 0 unspecified atom stereocenters. The highest BCUT2D eigenvalue weighted by Gasteiger charge is 2.13. The topological polar surface area (TPSA) is 12.5 Å². The molecule has 4 heavy (non-hydrogen) atoms. The summed E-state index contributed by atoms with van der Waals surface area (Å²) >= 11 is 0. The van der Waals surface area contributed by atoms with Crippen LogP contribution < -0.4 is 0 Å². The number of ether oxygens (including phenoxy) is 1. The third-order valence-electron chi connectivity index (χ3n) is 0.402. The largest absolute Gasteiger partial charge is 0.373 e. The van der Waals surface area contributed by atoms with E-state index in [-0.39, 0.29) is 0 Å². The molecule has 23 valence electrons. The van der Waals surface area contributed by atoms with Gasteiger partial charge in [-0.25, -0.2) is 0 Å². The molecule has 1 saturated heterocycles. The molecule has 0 N–H and O–H groups in total. The first-order chi connectivity index (χ1) is 1.89. The van der Waals surface area contributed by atoms with Crippen molar-refractivity contribution in [3.63, 3.8) is 0 Å². The van der Waals surface area contributed by atoms with Crippen LogP contribution in [0.3, 0.4) is 0 Å². The Morgan fingerprint density at radius 1 is 2.00 bits per heavy atom. The summed E-state index contributed by atoms with van der Waals surface area (Å²) in [6.45, 7) is 4.40. The molecule has 1 heteroatoms. The predicted molar refractivity (Wildman–Crippen MR) is 15.1 cm³/mol. The molecule has 0 aromatic rings. The molecule has 1 heterocycles. The van der Waals surface area contributed by atoms with Gasteiger partial charge in [-0.2, -0.15) is 0 Å². The van der Waals surface area contributed by atoms with Gasteiger partial charge in [0.25, 0.3) is 0 Å². The third kappa shape index (κ3) is 0.206. The van der Waals surface area contributed by atoms with Crippen molar-refractivity contribution in [1.82, 2.24) is 0 Å². The third-order valence-corrected chi connectivity index (χ3v) is 0.402. The first kappa shape index (κ1) is 2.21. The molecule has 1 fully saturated rings. The van der Waals surface area contributed by atoms with Gasteiger partial charge in [-0.15, -0.1) is 0 Å². The van der Waals surface area contributed by atoms with Gasteiger partial charge in [0.2, 0.25) is 0 Å². The monoisotopic (exact) mass is 57.0 g/mol. The van der Waals surface area contributed by atoms with Crippen molar-refractivity contribution < 1.29 is 4.74 Å². The SMILES string of the molecule is [CH2][C@@H]1CO1. The van der Waals surface area contributed by atoms with E-state index in [1.807, 2.05) is 0 Å². The maximum atomic E-state index is 4.60. The molecule has 1 radical (unpaired) electrons. The Balaban J connectivity index is 2.17. The van der Waals surface area contributed by atoms with Crippen LogP contribution in [0.1, 0.15) is 0 Å². The molecule has 0 bridgehead atoms. The van der Waals surface area contributed by atoms with Gasteiger partial charge < -0.3 is 4.74 Å². The van der Waals surface area contributed by atoms with Crippen molar-refractivity contribution in [2.45, 2.75) is 6.10 Å². The van der Waals surface area contributed by atoms with Crippen LogP contribution in [0, 0.1) is 6.92 Å². The Morgan fingerprint density at radius 3 is 2.25 bits per heavy atom. The van der Waals surface area contributed by atoms with Crippen molar-refractivity contribution in [3.8, 4) is 0 Å². The zero-order valence-corrected chi connectivity index (χ0v) is 2.40. The van der Waals surface area contributed by atoms with E-state index < -0.39 is 0 Å². The number of epoxide rings is 1. The summed E-state index contributed by atoms with van der Waals surface area (Å²) < 4.78 is 4.60. The van der Waals surface area contributed by atoms with Crippen LogP contribution in [0.5, 0.6) is 0 Å². The van der Waals surface area contributed by atoms with E-state index in [1.165, 1.54) is 0 Å². The molecule has 1 aliphatic rings. The zero-order chi connectivity index (χ0) is 2.99. The molecule has 0 aromatic heterocycles. The van der Waals surface area contributed by atoms with E-state index in [1.54, 1.807) is 0 Å². The minimum atomic E-state index is 0.333. The minimum Gasteiger partial charge on any atom is -0.373 e. The van der Waals surface area contributed by atoms with Gasteiger partial charge in [-0.1, -0.05) is 0 Å². The number of hydrogen-bond acceptors (Lipinski definition) is 1. The van der Waals surface area contributed by atoms with Gasteiger partial charge in [0.05, 0.1) is 12.7 Å². The highest BCUT2D eigenvalue weighted by molar-refractivity contribution is 4.69. The first-order valence-corrected chi connectivity index (χ1v) is 1.34. The van der Waals surface area contributed by atoms with Gasteiger partial charge in [-0.3, -0.25) is 0 Å². The Morgan fingerprint density at radius 2 is 2.25 bits per heavy atom. The molecular formula is C3H5O. The van der Waals surface area contributed by atoms with Crippen molar-refractivity contribution >= 4 is 0 Å². The van der Waals surface area contributed by atoms with Crippen LogP contribution in [-0.2, 0) is 4.74 Å². The van der Waals surface area contributed by atoms with Crippen LogP contribution in [0.25, 0.3) is 0 Å². The summed E-state index contributed by atoms with van der Waals surface area (Å²) in [5, 5.41) is 0. The van der Waals surface area contributed by atoms with Gasteiger partial charge in [-0.05, 0) is 6.92 Å². The number of rotatable bonds is 0. The second-order valence-corrected chi connectivity index (χ2v) is 0.955. The maximum Gasteiger partial charge on any atom is 0.0810 e. The predicted octanol–water partition coefficient (Wildman–Crippen LogP) is 0.219. The van der Waals surface area contributed by atoms with Crippen molar-refractivity contribution in [2.24, 2.45) is 0 Å². The fraction of sp³-hybridized carbons (Fsp3) is 0.667. The molecule has 0 saturated carbocycles. The highest BCUT2D eigenvalue weighted by Crippen LogP contribution is 2.03. The van der Waals surface area contributed by atoms with E-state index in [0.717, 1.165) is 6.61 Å².